The van der Waals surface area contributed by atoms with Crippen LogP contribution in [-0.2, 0) is 0 Å². The Morgan fingerprint density at radius 2 is 2.14 bits per heavy atom. The summed E-state index contributed by atoms with van der Waals surface area (Å²) in [4.78, 5) is 19.4. The van der Waals surface area contributed by atoms with E-state index in [1.165, 1.54) is 19.3 Å². The van der Waals surface area contributed by atoms with E-state index in [0.29, 0.717) is 11.3 Å². The van der Waals surface area contributed by atoms with E-state index in [1.807, 2.05) is 36.0 Å². The maximum atomic E-state index is 11.2. The van der Waals surface area contributed by atoms with Crippen molar-refractivity contribution in [3.8, 4) is 0 Å². The molecule has 0 atom stereocenters. The molecule has 0 saturated heterocycles. The highest BCUT2D eigenvalue weighted by atomic mass is 32.2. The minimum Gasteiger partial charge on any atom is -0.475 e. The zero-order chi connectivity index (χ0) is 14.9. The lowest BCUT2D eigenvalue weighted by molar-refractivity contribution is 0.0684. The molecule has 1 aromatic carbocycles. The molecule has 5 nitrogen and oxygen atoms in total. The van der Waals surface area contributed by atoms with Crippen LogP contribution in [0.4, 0.5) is 5.82 Å². The predicted octanol–water partition coefficient (Wildman–Crippen LogP) is 3.03. The summed E-state index contributed by atoms with van der Waals surface area (Å²) >= 11 is 1.87. The van der Waals surface area contributed by atoms with Crippen molar-refractivity contribution in [3.63, 3.8) is 0 Å². The summed E-state index contributed by atoms with van der Waals surface area (Å²) in [6.45, 7) is 0.800. The molecule has 0 amide bonds. The van der Waals surface area contributed by atoms with E-state index in [0.717, 1.165) is 11.9 Å². The Labute approximate surface area is 127 Å². The number of nitrogens with zero attached hydrogens (tertiary/aromatic N) is 2. The standard InChI is InChI=1S/C15H17N3O2S/c1-21-15(7-4-8-15)9-16-12-10-5-2-3-6-11(10)17-13(18-12)14(19)20/h2-3,5-6H,4,7-9H2,1H3,(H,19,20)(H,16,17,18). The van der Waals surface area contributed by atoms with Crippen LogP contribution in [0.3, 0.4) is 0 Å². The number of rotatable bonds is 5. The Morgan fingerprint density at radius 3 is 2.76 bits per heavy atom. The van der Waals surface area contributed by atoms with Crippen LogP contribution >= 0.6 is 11.8 Å². The Balaban J connectivity index is 1.94. The van der Waals surface area contributed by atoms with Gasteiger partial charge >= 0.3 is 5.97 Å². The molecule has 0 bridgehead atoms. The molecule has 1 heterocycles. The molecule has 1 aliphatic rings. The highest BCUT2D eigenvalue weighted by molar-refractivity contribution is 8.00. The number of fused-ring (bicyclic) bond motifs is 1. The molecule has 1 fully saturated rings. The molecule has 3 rings (SSSR count). The second kappa shape index (κ2) is 5.52. The lowest BCUT2D eigenvalue weighted by Gasteiger charge is -2.40. The Kier molecular flexibility index (Phi) is 3.71. The Hall–Kier alpha value is -1.82. The summed E-state index contributed by atoms with van der Waals surface area (Å²) < 4.78 is 0.259. The van der Waals surface area contributed by atoms with Gasteiger partial charge in [-0.1, -0.05) is 18.6 Å². The number of carbonyl (C=O) groups is 1. The first-order chi connectivity index (χ1) is 10.1. The number of thioether (sulfide) groups is 1. The van der Waals surface area contributed by atoms with Crippen LogP contribution < -0.4 is 5.32 Å². The first kappa shape index (κ1) is 14.1. The summed E-state index contributed by atoms with van der Waals surface area (Å²) in [5.41, 5.74) is 0.652. The predicted molar refractivity (Wildman–Crippen MR) is 85.1 cm³/mol. The number of aromatic carboxylic acids is 1. The maximum Gasteiger partial charge on any atom is 0.374 e. The highest BCUT2D eigenvalue weighted by Crippen LogP contribution is 2.42. The zero-order valence-electron chi connectivity index (χ0n) is 11.8. The van der Waals surface area contributed by atoms with Gasteiger partial charge in [-0.3, -0.25) is 0 Å². The molecule has 0 unspecified atom stereocenters. The van der Waals surface area contributed by atoms with E-state index < -0.39 is 5.97 Å². The molecule has 1 aliphatic carbocycles. The van der Waals surface area contributed by atoms with E-state index in [9.17, 15) is 4.79 Å². The van der Waals surface area contributed by atoms with Gasteiger partial charge < -0.3 is 10.4 Å². The summed E-state index contributed by atoms with van der Waals surface area (Å²) in [6, 6.07) is 7.48. The van der Waals surface area contributed by atoms with E-state index in [4.69, 9.17) is 5.11 Å². The number of hydrogen-bond donors (Lipinski definition) is 2. The van der Waals surface area contributed by atoms with Gasteiger partial charge in [-0.25, -0.2) is 14.8 Å². The second-order valence-electron chi connectivity index (χ2n) is 5.31. The molecule has 0 spiro atoms. The van der Waals surface area contributed by atoms with Crippen LogP contribution in [0.25, 0.3) is 10.9 Å². The van der Waals surface area contributed by atoms with Gasteiger partial charge in [-0.2, -0.15) is 11.8 Å². The van der Waals surface area contributed by atoms with Crippen molar-refractivity contribution < 1.29 is 9.90 Å². The quantitative estimate of drug-likeness (QED) is 0.884. The van der Waals surface area contributed by atoms with Crippen molar-refractivity contribution >= 4 is 34.5 Å². The van der Waals surface area contributed by atoms with Crippen molar-refractivity contribution in [3.05, 3.63) is 30.1 Å². The van der Waals surface area contributed by atoms with Crippen LogP contribution in [0.1, 0.15) is 29.9 Å². The smallest absolute Gasteiger partial charge is 0.374 e. The van der Waals surface area contributed by atoms with E-state index >= 15 is 0 Å². The largest absolute Gasteiger partial charge is 0.475 e. The van der Waals surface area contributed by atoms with E-state index in [2.05, 4.69) is 21.5 Å². The molecule has 0 aliphatic heterocycles. The van der Waals surface area contributed by atoms with Gasteiger partial charge in [0, 0.05) is 16.7 Å². The van der Waals surface area contributed by atoms with Crippen LogP contribution in [0, 0.1) is 0 Å². The van der Waals surface area contributed by atoms with E-state index in [-0.39, 0.29) is 10.6 Å². The average molecular weight is 303 g/mol. The summed E-state index contributed by atoms with van der Waals surface area (Å²) in [5, 5.41) is 13.3. The van der Waals surface area contributed by atoms with Crippen molar-refractivity contribution in [1.82, 2.24) is 9.97 Å². The van der Waals surface area contributed by atoms with E-state index in [1.54, 1.807) is 0 Å². The molecule has 2 aromatic rings. The third kappa shape index (κ3) is 2.68. The van der Waals surface area contributed by atoms with Gasteiger partial charge in [0.25, 0.3) is 0 Å². The number of anilines is 1. The maximum absolute atomic E-state index is 11.2. The van der Waals surface area contributed by atoms with Gasteiger partial charge in [0.1, 0.15) is 5.82 Å². The molecule has 2 N–H and O–H groups in total. The number of hydrogen-bond acceptors (Lipinski definition) is 5. The highest BCUT2D eigenvalue weighted by Gasteiger charge is 2.36. The van der Waals surface area contributed by atoms with Crippen LogP contribution in [0.5, 0.6) is 0 Å². The zero-order valence-corrected chi connectivity index (χ0v) is 12.6. The molecule has 0 radical (unpaired) electrons. The molecule has 110 valence electrons. The Bertz CT molecular complexity index is 680. The topological polar surface area (TPSA) is 75.1 Å². The summed E-state index contributed by atoms with van der Waals surface area (Å²) in [5.74, 6) is -0.659. The van der Waals surface area contributed by atoms with Gasteiger partial charge in [0.05, 0.1) is 5.52 Å². The third-order valence-electron chi connectivity index (χ3n) is 4.07. The van der Waals surface area contributed by atoms with Crippen molar-refractivity contribution in [2.75, 3.05) is 18.1 Å². The third-order valence-corrected chi connectivity index (χ3v) is 5.49. The van der Waals surface area contributed by atoms with Crippen LogP contribution in [0.15, 0.2) is 24.3 Å². The van der Waals surface area contributed by atoms with Crippen molar-refractivity contribution in [2.45, 2.75) is 24.0 Å². The minimum absolute atomic E-state index is 0.164. The number of carboxylic acids is 1. The number of para-hydroxylation sites is 1. The molecular formula is C15H17N3O2S. The normalized spacial score (nSPS) is 16.4. The van der Waals surface area contributed by atoms with Crippen LogP contribution in [0.2, 0.25) is 0 Å². The Morgan fingerprint density at radius 1 is 1.38 bits per heavy atom. The van der Waals surface area contributed by atoms with Gasteiger partial charge in [-0.15, -0.1) is 0 Å². The fourth-order valence-electron chi connectivity index (χ4n) is 2.58. The summed E-state index contributed by atoms with van der Waals surface area (Å²) in [6.07, 6.45) is 5.76. The number of nitrogens with one attached hydrogen (secondary N) is 1. The number of carboxylic acid groups (broad SMARTS) is 1. The van der Waals surface area contributed by atoms with Gasteiger partial charge in [-0.05, 0) is 31.2 Å². The number of aromatic nitrogens is 2. The fourth-order valence-corrected chi connectivity index (χ4v) is 3.49. The first-order valence-electron chi connectivity index (χ1n) is 6.93. The lowest BCUT2D eigenvalue weighted by Crippen LogP contribution is -2.40. The second-order valence-corrected chi connectivity index (χ2v) is 6.59. The SMILES string of the molecule is CSC1(CNc2nc(C(=O)O)nc3ccccc23)CCC1. The van der Waals surface area contributed by atoms with Crippen molar-refractivity contribution in [2.24, 2.45) is 0 Å². The molecule has 21 heavy (non-hydrogen) atoms. The number of benzene rings is 1. The van der Waals surface area contributed by atoms with Crippen LogP contribution in [-0.4, -0.2) is 38.6 Å². The monoisotopic (exact) mass is 303 g/mol. The first-order valence-corrected chi connectivity index (χ1v) is 8.15. The molecule has 6 heteroatoms. The minimum atomic E-state index is -1.10. The van der Waals surface area contributed by atoms with Gasteiger partial charge in [0.2, 0.25) is 5.82 Å². The molecule has 1 aromatic heterocycles. The molecular weight excluding hydrogens is 286 g/mol. The van der Waals surface area contributed by atoms with Crippen molar-refractivity contribution in [1.29, 1.82) is 0 Å². The molecule has 1 saturated carbocycles. The fraction of sp³-hybridized carbons (Fsp3) is 0.400. The average Bonchev–Trinajstić information content (AvgIpc) is 2.46. The summed E-state index contributed by atoms with van der Waals surface area (Å²) in [7, 11) is 0. The van der Waals surface area contributed by atoms with Gasteiger partial charge in [0.15, 0.2) is 0 Å². The lowest BCUT2D eigenvalue weighted by atomic mass is 9.84.